The Morgan fingerprint density at radius 2 is 0.571 bits per heavy atom. The van der Waals surface area contributed by atoms with Crippen LogP contribution in [-0.2, 0) is 48.4 Å². The molecule has 0 saturated carbocycles. The van der Waals surface area contributed by atoms with Gasteiger partial charge >= 0.3 is 23.2 Å². The SMILES string of the molecule is CCCCCCCCN(CCCCCCCC)C(=S)[S-].CCCCCCCCN(CCCCCCCC)C(=S)[S-].[O]=[Mo+2]. The first-order valence-electron chi connectivity index (χ1n) is 17.5. The van der Waals surface area contributed by atoms with Gasteiger partial charge in [-0.15, -0.1) is 0 Å². The molecule has 0 aromatic rings. The van der Waals surface area contributed by atoms with E-state index in [1.54, 1.807) is 0 Å². The van der Waals surface area contributed by atoms with Crippen LogP contribution in [-0.4, -0.2) is 44.6 Å². The third kappa shape index (κ3) is 38.7. The molecule has 0 amide bonds. The maximum atomic E-state index is 8.26. The molecule has 3 nitrogen and oxygen atoms in total. The Balaban J connectivity index is -0.000000683. The van der Waals surface area contributed by atoms with Gasteiger partial charge in [0.15, 0.2) is 0 Å². The molecule has 0 aliphatic rings. The van der Waals surface area contributed by atoms with Crippen LogP contribution < -0.4 is 0 Å². The number of unbranched alkanes of at least 4 members (excludes halogenated alkanes) is 20. The summed E-state index contributed by atoms with van der Waals surface area (Å²) in [6.07, 6.45) is 32.0. The molecule has 0 heterocycles. The Morgan fingerprint density at radius 1 is 0.405 bits per heavy atom. The van der Waals surface area contributed by atoms with Gasteiger partial charge in [-0.2, -0.15) is 0 Å². The van der Waals surface area contributed by atoms with Crippen molar-refractivity contribution in [2.24, 2.45) is 0 Å². The molecule has 42 heavy (non-hydrogen) atoms. The molecular formula is C34H68MoN2OS4. The maximum absolute atomic E-state index is 8.26. The second kappa shape index (κ2) is 41.7. The number of thiocarbonyl (C=S) groups is 2. The molecule has 8 heteroatoms. The van der Waals surface area contributed by atoms with Crippen LogP contribution in [0.4, 0.5) is 0 Å². The number of hydrogen-bond donors (Lipinski definition) is 0. The molecule has 0 aliphatic carbocycles. The summed E-state index contributed by atoms with van der Waals surface area (Å²) in [5.74, 6) is 0. The molecule has 250 valence electrons. The summed E-state index contributed by atoms with van der Waals surface area (Å²) in [6, 6.07) is 0. The third-order valence-corrected chi connectivity index (χ3v) is 8.68. The van der Waals surface area contributed by atoms with Crippen molar-refractivity contribution in [3.05, 3.63) is 0 Å². The van der Waals surface area contributed by atoms with Crippen LogP contribution in [0, 0.1) is 0 Å². The first-order chi connectivity index (χ1) is 20.4. The van der Waals surface area contributed by atoms with Crippen LogP contribution in [0.2, 0.25) is 0 Å². The zero-order valence-corrected chi connectivity index (χ0v) is 33.4. The molecule has 0 N–H and O–H groups in total. The van der Waals surface area contributed by atoms with Gasteiger partial charge in [0.2, 0.25) is 0 Å². The van der Waals surface area contributed by atoms with Gasteiger partial charge in [-0.1, -0.05) is 165 Å². The number of nitrogens with zero attached hydrogens (tertiary/aromatic N) is 2. The van der Waals surface area contributed by atoms with Crippen molar-refractivity contribution in [3.63, 3.8) is 0 Å². The molecule has 0 bridgehead atoms. The van der Waals surface area contributed by atoms with E-state index in [0.717, 1.165) is 26.2 Å². The van der Waals surface area contributed by atoms with Gasteiger partial charge in [0.05, 0.1) is 0 Å². The second-order valence-electron chi connectivity index (χ2n) is 11.6. The van der Waals surface area contributed by atoms with E-state index in [9.17, 15) is 0 Å². The topological polar surface area (TPSA) is 23.6 Å². The van der Waals surface area contributed by atoms with Crippen molar-refractivity contribution in [2.75, 3.05) is 26.2 Å². The predicted octanol–water partition coefficient (Wildman–Crippen LogP) is 11.6. The number of hydrogen-bond acceptors (Lipinski definition) is 5. The molecule has 0 aromatic heterocycles. The average Bonchev–Trinajstić information content (AvgIpc) is 2.99. The van der Waals surface area contributed by atoms with Crippen LogP contribution in [0.1, 0.15) is 182 Å². The van der Waals surface area contributed by atoms with Gasteiger partial charge in [-0.3, -0.25) is 0 Å². The Morgan fingerprint density at radius 3 is 0.738 bits per heavy atom. The van der Waals surface area contributed by atoms with Gasteiger partial charge in [0.1, 0.15) is 0 Å². The van der Waals surface area contributed by atoms with E-state index in [4.69, 9.17) is 53.1 Å². The predicted molar refractivity (Wildman–Crippen MR) is 197 cm³/mol. The van der Waals surface area contributed by atoms with E-state index in [-0.39, 0.29) is 0 Å². The Labute approximate surface area is 297 Å². The van der Waals surface area contributed by atoms with Crippen LogP contribution >= 0.6 is 24.4 Å². The van der Waals surface area contributed by atoms with E-state index in [1.807, 2.05) is 0 Å². The monoisotopic (exact) mass is 746 g/mol. The normalized spacial score (nSPS) is 10.3. The fourth-order valence-electron chi connectivity index (χ4n) is 4.92. The molecule has 0 radical (unpaired) electrons. The summed E-state index contributed by atoms with van der Waals surface area (Å²) in [4.78, 5) is 4.48. The second-order valence-corrected chi connectivity index (χ2v) is 13.6. The van der Waals surface area contributed by atoms with E-state index < -0.39 is 0 Å². The van der Waals surface area contributed by atoms with E-state index in [2.05, 4.69) is 37.5 Å². The van der Waals surface area contributed by atoms with E-state index in [0.29, 0.717) is 28.4 Å². The van der Waals surface area contributed by atoms with Crippen molar-refractivity contribution >= 4 is 58.3 Å². The molecule has 0 fully saturated rings. The van der Waals surface area contributed by atoms with Crippen LogP contribution in [0.25, 0.3) is 0 Å². The summed E-state index contributed by atoms with van der Waals surface area (Å²) >= 11 is 21.5. The fraction of sp³-hybridized carbons (Fsp3) is 0.941. The third-order valence-electron chi connectivity index (χ3n) is 7.64. The minimum absolute atomic E-state index is 0.673. The molecule has 0 saturated heterocycles. The van der Waals surface area contributed by atoms with Crippen molar-refractivity contribution in [2.45, 2.75) is 182 Å². The Bertz CT molecular complexity index is 480. The van der Waals surface area contributed by atoms with Gasteiger partial charge in [0.25, 0.3) is 0 Å². The first-order valence-corrected chi connectivity index (χ1v) is 20.0. The fourth-order valence-corrected chi connectivity index (χ4v) is 5.65. The molecule has 0 unspecified atom stereocenters. The molecule has 0 aromatic carbocycles. The van der Waals surface area contributed by atoms with Crippen molar-refractivity contribution < 1.29 is 23.2 Å². The van der Waals surface area contributed by atoms with Gasteiger partial charge in [-0.05, 0) is 25.7 Å². The minimum atomic E-state index is 0.673. The molecule has 0 aliphatic heterocycles. The zero-order chi connectivity index (χ0) is 32.1. The van der Waals surface area contributed by atoms with E-state index >= 15 is 0 Å². The summed E-state index contributed by atoms with van der Waals surface area (Å²) in [6.45, 7) is 13.3. The number of rotatable bonds is 28. The summed E-state index contributed by atoms with van der Waals surface area (Å²) in [5.41, 5.74) is 0. The van der Waals surface area contributed by atoms with Crippen LogP contribution in [0.5, 0.6) is 0 Å². The molecule has 0 rings (SSSR count). The summed E-state index contributed by atoms with van der Waals surface area (Å²) < 4.78 is 9.61. The average molecular weight is 745 g/mol. The summed E-state index contributed by atoms with van der Waals surface area (Å²) in [5, 5.41) is 0. The Kier molecular flexibility index (Phi) is 46.8. The molecular weight excluding hydrogens is 677 g/mol. The van der Waals surface area contributed by atoms with Gasteiger partial charge in [-0.25, -0.2) is 0 Å². The van der Waals surface area contributed by atoms with Crippen molar-refractivity contribution in [1.82, 2.24) is 9.80 Å². The van der Waals surface area contributed by atoms with E-state index in [1.165, 1.54) is 154 Å². The molecule has 0 spiro atoms. The van der Waals surface area contributed by atoms with Crippen LogP contribution in [0.3, 0.4) is 0 Å². The van der Waals surface area contributed by atoms with Crippen molar-refractivity contribution in [1.29, 1.82) is 0 Å². The zero-order valence-electron chi connectivity index (χ0n) is 28.1. The standard InChI is InChI=1S/2C17H35NS2.Mo.O/c2*1-3-5-7-9-11-13-15-18(17(19)20)16-14-12-10-8-6-4-2;;/h2*3-16H2,1-2H3,(H,19,20);;/q;;+2;/p-2. The Hall–Kier alpha value is 0.708. The van der Waals surface area contributed by atoms with Gasteiger partial charge in [0, 0.05) is 26.2 Å². The van der Waals surface area contributed by atoms with Crippen molar-refractivity contribution in [3.8, 4) is 0 Å². The summed E-state index contributed by atoms with van der Waals surface area (Å²) in [7, 11) is 0. The molecule has 0 atom stereocenters. The quantitative estimate of drug-likeness (QED) is 0.0340. The first kappa shape index (κ1) is 47.1. The van der Waals surface area contributed by atoms with Gasteiger partial charge < -0.3 is 59.5 Å². The van der Waals surface area contributed by atoms with Crippen LogP contribution in [0.15, 0.2) is 0 Å².